The molecule has 0 saturated carbocycles. The number of hydrogen-bond acceptors (Lipinski definition) is 3. The Morgan fingerprint density at radius 2 is 2.29 bits per heavy atom. The van der Waals surface area contributed by atoms with Gasteiger partial charge in [0.05, 0.1) is 12.1 Å². The lowest BCUT2D eigenvalue weighted by molar-refractivity contribution is 0.0953. The van der Waals surface area contributed by atoms with Crippen LogP contribution in [0.4, 0.5) is 0 Å². The van der Waals surface area contributed by atoms with Gasteiger partial charge >= 0.3 is 0 Å². The van der Waals surface area contributed by atoms with Crippen molar-refractivity contribution in [2.24, 2.45) is 5.73 Å². The van der Waals surface area contributed by atoms with Gasteiger partial charge in [-0.2, -0.15) is 0 Å². The molecule has 0 heterocycles. The van der Waals surface area contributed by atoms with Crippen LogP contribution in [0.15, 0.2) is 24.3 Å². The first-order valence-electron chi connectivity index (χ1n) is 5.34. The van der Waals surface area contributed by atoms with Crippen LogP contribution in [0.25, 0.3) is 0 Å². The SMILES string of the molecule is COc1cccc(C(=O)NCCCC(N)=S)c1. The number of methoxy groups -OCH3 is 1. The van der Waals surface area contributed by atoms with E-state index in [1.807, 2.05) is 0 Å². The van der Waals surface area contributed by atoms with Crippen molar-refractivity contribution < 1.29 is 9.53 Å². The summed E-state index contributed by atoms with van der Waals surface area (Å²) in [7, 11) is 1.57. The molecule has 0 saturated heterocycles. The van der Waals surface area contributed by atoms with Crippen molar-refractivity contribution in [2.45, 2.75) is 12.8 Å². The minimum Gasteiger partial charge on any atom is -0.497 e. The summed E-state index contributed by atoms with van der Waals surface area (Å²) in [6.45, 7) is 0.563. The third-order valence-corrected chi connectivity index (χ3v) is 2.42. The van der Waals surface area contributed by atoms with Crippen molar-refractivity contribution in [3.63, 3.8) is 0 Å². The van der Waals surface area contributed by atoms with E-state index in [0.717, 1.165) is 6.42 Å². The molecule has 0 radical (unpaired) electrons. The summed E-state index contributed by atoms with van der Waals surface area (Å²) in [4.78, 5) is 12.2. The van der Waals surface area contributed by atoms with Gasteiger partial charge in [-0.05, 0) is 31.0 Å². The van der Waals surface area contributed by atoms with Crippen molar-refractivity contribution in [3.8, 4) is 5.75 Å². The number of benzene rings is 1. The highest BCUT2D eigenvalue weighted by molar-refractivity contribution is 7.80. The molecular weight excluding hydrogens is 236 g/mol. The van der Waals surface area contributed by atoms with Gasteiger partial charge in [-0.1, -0.05) is 18.3 Å². The second kappa shape index (κ2) is 6.85. The van der Waals surface area contributed by atoms with Gasteiger partial charge in [-0.25, -0.2) is 0 Å². The summed E-state index contributed by atoms with van der Waals surface area (Å²) in [5.41, 5.74) is 5.94. The number of hydrogen-bond donors (Lipinski definition) is 2. The molecule has 0 spiro atoms. The number of carbonyl (C=O) groups is 1. The van der Waals surface area contributed by atoms with Crippen molar-refractivity contribution in [3.05, 3.63) is 29.8 Å². The minimum absolute atomic E-state index is 0.119. The number of amides is 1. The molecular formula is C12H16N2O2S. The smallest absolute Gasteiger partial charge is 0.251 e. The van der Waals surface area contributed by atoms with Gasteiger partial charge in [0.2, 0.25) is 0 Å². The Bertz CT molecular complexity index is 407. The maximum atomic E-state index is 11.7. The molecule has 0 unspecified atom stereocenters. The first-order chi connectivity index (χ1) is 8.13. The van der Waals surface area contributed by atoms with Gasteiger partial charge in [-0.3, -0.25) is 4.79 Å². The molecule has 4 nitrogen and oxygen atoms in total. The Kier molecular flexibility index (Phi) is 5.42. The Hall–Kier alpha value is -1.62. The normalized spacial score (nSPS) is 9.71. The average Bonchev–Trinajstić information content (AvgIpc) is 2.34. The summed E-state index contributed by atoms with van der Waals surface area (Å²) < 4.78 is 5.05. The fourth-order valence-corrected chi connectivity index (χ4v) is 1.48. The highest BCUT2D eigenvalue weighted by Gasteiger charge is 2.05. The minimum atomic E-state index is -0.119. The van der Waals surface area contributed by atoms with Crippen LogP contribution in [-0.2, 0) is 0 Å². The standard InChI is InChI=1S/C12H16N2O2S/c1-16-10-5-2-4-9(8-10)12(15)14-7-3-6-11(13)17/h2,4-5,8H,3,6-7H2,1H3,(H2,13,17)(H,14,15). The van der Waals surface area contributed by atoms with Gasteiger partial charge < -0.3 is 15.8 Å². The molecule has 0 aromatic heterocycles. The lowest BCUT2D eigenvalue weighted by Gasteiger charge is -2.06. The van der Waals surface area contributed by atoms with Crippen LogP contribution in [0.1, 0.15) is 23.2 Å². The second-order valence-corrected chi connectivity index (χ2v) is 4.08. The summed E-state index contributed by atoms with van der Waals surface area (Å²) in [5.74, 6) is 0.549. The van der Waals surface area contributed by atoms with Gasteiger partial charge in [0.1, 0.15) is 5.75 Å². The molecule has 17 heavy (non-hydrogen) atoms. The third-order valence-electron chi connectivity index (χ3n) is 2.22. The number of nitrogens with one attached hydrogen (secondary N) is 1. The van der Waals surface area contributed by atoms with Crippen molar-refractivity contribution in [1.29, 1.82) is 0 Å². The molecule has 3 N–H and O–H groups in total. The van der Waals surface area contributed by atoms with Crippen molar-refractivity contribution in [1.82, 2.24) is 5.32 Å². The van der Waals surface area contributed by atoms with Crippen LogP contribution in [0.2, 0.25) is 0 Å². The van der Waals surface area contributed by atoms with E-state index < -0.39 is 0 Å². The summed E-state index contributed by atoms with van der Waals surface area (Å²) >= 11 is 4.75. The maximum absolute atomic E-state index is 11.7. The second-order valence-electron chi connectivity index (χ2n) is 3.56. The molecule has 0 aliphatic heterocycles. The van der Waals surface area contributed by atoms with E-state index in [9.17, 15) is 4.79 Å². The number of thiocarbonyl (C=S) groups is 1. The largest absolute Gasteiger partial charge is 0.497 e. The van der Waals surface area contributed by atoms with Crippen LogP contribution >= 0.6 is 12.2 Å². The van der Waals surface area contributed by atoms with Crippen LogP contribution in [0.5, 0.6) is 5.75 Å². The zero-order valence-electron chi connectivity index (χ0n) is 9.73. The summed E-state index contributed by atoms with van der Waals surface area (Å²) in [5, 5.41) is 2.80. The Balaban J connectivity index is 2.43. The maximum Gasteiger partial charge on any atom is 0.251 e. The van der Waals surface area contributed by atoms with E-state index in [1.54, 1.807) is 31.4 Å². The zero-order valence-corrected chi connectivity index (χ0v) is 10.5. The number of rotatable bonds is 6. The van der Waals surface area contributed by atoms with E-state index in [4.69, 9.17) is 22.7 Å². The molecule has 1 aromatic rings. The first-order valence-corrected chi connectivity index (χ1v) is 5.75. The fraction of sp³-hybridized carbons (Fsp3) is 0.333. The predicted octanol–water partition coefficient (Wildman–Crippen LogP) is 1.49. The van der Waals surface area contributed by atoms with E-state index in [0.29, 0.717) is 29.3 Å². The third kappa shape index (κ3) is 4.82. The van der Waals surface area contributed by atoms with E-state index in [2.05, 4.69) is 5.32 Å². The summed E-state index contributed by atoms with van der Waals surface area (Å²) in [6.07, 6.45) is 1.40. The Morgan fingerprint density at radius 3 is 2.94 bits per heavy atom. The van der Waals surface area contributed by atoms with Gasteiger partial charge in [-0.15, -0.1) is 0 Å². The molecule has 1 amide bonds. The summed E-state index contributed by atoms with van der Waals surface area (Å²) in [6, 6.07) is 7.01. The van der Waals surface area contributed by atoms with Gasteiger partial charge in [0.15, 0.2) is 0 Å². The van der Waals surface area contributed by atoms with Crippen molar-refractivity contribution in [2.75, 3.05) is 13.7 Å². The zero-order chi connectivity index (χ0) is 12.7. The molecule has 0 atom stereocenters. The highest BCUT2D eigenvalue weighted by atomic mass is 32.1. The van der Waals surface area contributed by atoms with Crippen LogP contribution in [-0.4, -0.2) is 24.6 Å². The molecule has 0 bridgehead atoms. The number of nitrogens with two attached hydrogens (primary N) is 1. The molecule has 0 fully saturated rings. The molecule has 1 rings (SSSR count). The van der Waals surface area contributed by atoms with E-state index in [1.165, 1.54) is 0 Å². The quantitative estimate of drug-likeness (QED) is 0.595. The monoisotopic (exact) mass is 252 g/mol. The lowest BCUT2D eigenvalue weighted by atomic mass is 10.2. The fourth-order valence-electron chi connectivity index (χ4n) is 1.33. The molecule has 5 heteroatoms. The van der Waals surface area contributed by atoms with Crippen LogP contribution < -0.4 is 15.8 Å². The molecule has 0 aliphatic rings. The number of ether oxygens (including phenoxy) is 1. The van der Waals surface area contributed by atoms with Crippen molar-refractivity contribution >= 4 is 23.1 Å². The topological polar surface area (TPSA) is 64.3 Å². The average molecular weight is 252 g/mol. The van der Waals surface area contributed by atoms with Crippen LogP contribution in [0, 0.1) is 0 Å². The predicted molar refractivity (Wildman–Crippen MR) is 71.3 cm³/mol. The van der Waals surface area contributed by atoms with E-state index in [-0.39, 0.29) is 5.91 Å². The Labute approximate surface area is 106 Å². The highest BCUT2D eigenvalue weighted by Crippen LogP contribution is 2.12. The number of carbonyl (C=O) groups excluding carboxylic acids is 1. The lowest BCUT2D eigenvalue weighted by Crippen LogP contribution is -2.25. The van der Waals surface area contributed by atoms with Gasteiger partial charge in [0, 0.05) is 12.1 Å². The van der Waals surface area contributed by atoms with Gasteiger partial charge in [0.25, 0.3) is 5.91 Å². The Morgan fingerprint density at radius 1 is 1.53 bits per heavy atom. The molecule has 0 aliphatic carbocycles. The van der Waals surface area contributed by atoms with E-state index >= 15 is 0 Å². The molecule has 1 aromatic carbocycles. The molecule has 92 valence electrons. The first kappa shape index (κ1) is 13.4. The van der Waals surface area contributed by atoms with Crippen LogP contribution in [0.3, 0.4) is 0 Å².